The van der Waals surface area contributed by atoms with Crippen molar-refractivity contribution in [3.8, 4) is 0 Å². The van der Waals surface area contributed by atoms with Gasteiger partial charge in [-0.1, -0.05) is 17.2 Å². The summed E-state index contributed by atoms with van der Waals surface area (Å²) in [5.74, 6) is 1.63. The Bertz CT molecular complexity index is 509. The second kappa shape index (κ2) is 6.28. The standard InChI is InChI=1S/C11H18N6O2/c1-4-5-12-7(2)10-15-16-11(18-10)13-6-9-14-8(3)17-19-9/h7,12H,4-6H2,1-3H3,(H,13,16). The van der Waals surface area contributed by atoms with E-state index in [0.29, 0.717) is 30.2 Å². The van der Waals surface area contributed by atoms with Crippen molar-refractivity contribution in [3.63, 3.8) is 0 Å². The molecule has 2 aromatic rings. The van der Waals surface area contributed by atoms with Gasteiger partial charge in [0.2, 0.25) is 11.8 Å². The fourth-order valence-corrected chi connectivity index (χ4v) is 1.49. The summed E-state index contributed by atoms with van der Waals surface area (Å²) in [5, 5.41) is 17.8. The van der Waals surface area contributed by atoms with Crippen LogP contribution in [0.25, 0.3) is 0 Å². The Kier molecular flexibility index (Phi) is 4.45. The number of anilines is 1. The first-order valence-electron chi connectivity index (χ1n) is 6.29. The molecule has 0 aliphatic rings. The van der Waals surface area contributed by atoms with Crippen LogP contribution in [0, 0.1) is 6.92 Å². The maximum atomic E-state index is 5.49. The molecule has 0 fully saturated rings. The number of hydrogen-bond donors (Lipinski definition) is 2. The van der Waals surface area contributed by atoms with Gasteiger partial charge >= 0.3 is 6.01 Å². The third-order valence-electron chi connectivity index (χ3n) is 2.47. The highest BCUT2D eigenvalue weighted by Gasteiger charge is 2.13. The molecular formula is C11H18N6O2. The molecule has 1 atom stereocenters. The highest BCUT2D eigenvalue weighted by Crippen LogP contribution is 2.14. The third-order valence-corrected chi connectivity index (χ3v) is 2.47. The topological polar surface area (TPSA) is 102 Å². The number of rotatable bonds is 7. The van der Waals surface area contributed by atoms with Crippen LogP contribution in [0.3, 0.4) is 0 Å². The molecule has 8 heteroatoms. The van der Waals surface area contributed by atoms with Crippen molar-refractivity contribution in [2.75, 3.05) is 11.9 Å². The molecule has 1 unspecified atom stereocenters. The van der Waals surface area contributed by atoms with Gasteiger partial charge in [-0.25, -0.2) is 0 Å². The molecule has 104 valence electrons. The molecule has 0 radical (unpaired) electrons. The van der Waals surface area contributed by atoms with Crippen LogP contribution in [0.4, 0.5) is 6.01 Å². The largest absolute Gasteiger partial charge is 0.406 e. The van der Waals surface area contributed by atoms with E-state index in [1.165, 1.54) is 0 Å². The monoisotopic (exact) mass is 266 g/mol. The van der Waals surface area contributed by atoms with Crippen molar-refractivity contribution in [2.24, 2.45) is 0 Å². The van der Waals surface area contributed by atoms with Crippen LogP contribution in [0.5, 0.6) is 0 Å². The van der Waals surface area contributed by atoms with E-state index in [0.717, 1.165) is 13.0 Å². The summed E-state index contributed by atoms with van der Waals surface area (Å²) in [6.45, 7) is 7.12. The maximum Gasteiger partial charge on any atom is 0.315 e. The Morgan fingerprint density at radius 1 is 1.32 bits per heavy atom. The Hall–Kier alpha value is -1.96. The molecule has 19 heavy (non-hydrogen) atoms. The van der Waals surface area contributed by atoms with Crippen LogP contribution in [0.2, 0.25) is 0 Å². The van der Waals surface area contributed by atoms with Gasteiger partial charge in [-0.2, -0.15) is 4.98 Å². The van der Waals surface area contributed by atoms with Crippen molar-refractivity contribution in [1.82, 2.24) is 25.7 Å². The van der Waals surface area contributed by atoms with Crippen LogP contribution in [-0.4, -0.2) is 26.9 Å². The van der Waals surface area contributed by atoms with E-state index in [4.69, 9.17) is 8.94 Å². The van der Waals surface area contributed by atoms with E-state index >= 15 is 0 Å². The summed E-state index contributed by atoms with van der Waals surface area (Å²) in [7, 11) is 0. The van der Waals surface area contributed by atoms with Gasteiger partial charge in [-0.05, 0) is 26.8 Å². The molecule has 0 aromatic carbocycles. The van der Waals surface area contributed by atoms with Crippen LogP contribution in [-0.2, 0) is 6.54 Å². The van der Waals surface area contributed by atoms with Crippen molar-refractivity contribution in [3.05, 3.63) is 17.6 Å². The first-order chi connectivity index (χ1) is 9.19. The van der Waals surface area contributed by atoms with E-state index in [1.807, 2.05) is 6.92 Å². The molecule has 2 heterocycles. The van der Waals surface area contributed by atoms with Crippen LogP contribution in [0.1, 0.15) is 43.9 Å². The number of hydrogen-bond acceptors (Lipinski definition) is 8. The number of nitrogens with one attached hydrogen (secondary N) is 2. The minimum absolute atomic E-state index is 0.0358. The lowest BCUT2D eigenvalue weighted by atomic mass is 10.3. The first kappa shape index (κ1) is 13.5. The lowest BCUT2D eigenvalue weighted by molar-refractivity contribution is 0.377. The number of nitrogens with zero attached hydrogens (tertiary/aromatic N) is 4. The van der Waals surface area contributed by atoms with Crippen molar-refractivity contribution < 1.29 is 8.94 Å². The smallest absolute Gasteiger partial charge is 0.315 e. The van der Waals surface area contributed by atoms with E-state index in [9.17, 15) is 0 Å². The second-order valence-electron chi connectivity index (χ2n) is 4.21. The Labute approximate surface area is 111 Å². The predicted octanol–water partition coefficient (Wildman–Crippen LogP) is 1.43. The minimum Gasteiger partial charge on any atom is -0.406 e. The molecule has 0 spiro atoms. The van der Waals surface area contributed by atoms with Gasteiger partial charge in [0.05, 0.1) is 12.6 Å². The van der Waals surface area contributed by atoms with E-state index < -0.39 is 0 Å². The predicted molar refractivity (Wildman–Crippen MR) is 67.4 cm³/mol. The summed E-state index contributed by atoms with van der Waals surface area (Å²) in [6, 6.07) is 0.379. The Morgan fingerprint density at radius 2 is 2.16 bits per heavy atom. The quantitative estimate of drug-likeness (QED) is 0.776. The van der Waals surface area contributed by atoms with E-state index in [1.54, 1.807) is 6.92 Å². The molecule has 0 bridgehead atoms. The van der Waals surface area contributed by atoms with Crippen molar-refractivity contribution >= 4 is 6.01 Å². The highest BCUT2D eigenvalue weighted by molar-refractivity contribution is 5.17. The molecular weight excluding hydrogens is 248 g/mol. The van der Waals surface area contributed by atoms with Gasteiger partial charge in [0, 0.05) is 0 Å². The minimum atomic E-state index is 0.0358. The third kappa shape index (κ3) is 3.75. The zero-order chi connectivity index (χ0) is 13.7. The average molecular weight is 266 g/mol. The van der Waals surface area contributed by atoms with Crippen molar-refractivity contribution in [1.29, 1.82) is 0 Å². The zero-order valence-corrected chi connectivity index (χ0v) is 11.3. The summed E-state index contributed by atoms with van der Waals surface area (Å²) in [6.07, 6.45) is 1.06. The molecule has 0 aliphatic heterocycles. The van der Waals surface area contributed by atoms with Gasteiger partial charge < -0.3 is 19.6 Å². The summed E-state index contributed by atoms with van der Waals surface area (Å²) < 4.78 is 10.5. The van der Waals surface area contributed by atoms with Crippen LogP contribution >= 0.6 is 0 Å². The molecule has 0 saturated heterocycles. The van der Waals surface area contributed by atoms with Gasteiger partial charge in [0.25, 0.3) is 0 Å². The van der Waals surface area contributed by atoms with E-state index in [2.05, 4.69) is 37.9 Å². The van der Waals surface area contributed by atoms with Gasteiger partial charge in [-0.15, -0.1) is 5.10 Å². The zero-order valence-electron chi connectivity index (χ0n) is 11.3. The van der Waals surface area contributed by atoms with Gasteiger partial charge in [0.1, 0.15) is 0 Å². The summed E-state index contributed by atoms with van der Waals surface area (Å²) in [4.78, 5) is 4.07. The fraction of sp³-hybridized carbons (Fsp3) is 0.636. The average Bonchev–Trinajstić information content (AvgIpc) is 3.02. The van der Waals surface area contributed by atoms with Crippen LogP contribution in [0.15, 0.2) is 8.94 Å². The van der Waals surface area contributed by atoms with E-state index in [-0.39, 0.29) is 6.04 Å². The number of aryl methyl sites for hydroxylation is 1. The first-order valence-corrected chi connectivity index (χ1v) is 6.29. The molecule has 0 saturated carbocycles. The lowest BCUT2D eigenvalue weighted by Gasteiger charge is -2.07. The Morgan fingerprint density at radius 3 is 2.84 bits per heavy atom. The molecule has 8 nitrogen and oxygen atoms in total. The lowest BCUT2D eigenvalue weighted by Crippen LogP contribution is -2.19. The fourth-order valence-electron chi connectivity index (χ4n) is 1.49. The van der Waals surface area contributed by atoms with Crippen molar-refractivity contribution in [2.45, 2.75) is 39.8 Å². The molecule has 0 aliphatic carbocycles. The highest BCUT2D eigenvalue weighted by atomic mass is 16.5. The summed E-state index contributed by atoms with van der Waals surface area (Å²) in [5.41, 5.74) is 0. The maximum absolute atomic E-state index is 5.49. The molecule has 2 rings (SSSR count). The van der Waals surface area contributed by atoms with Gasteiger partial charge in [-0.3, -0.25) is 0 Å². The molecule has 2 N–H and O–H groups in total. The summed E-state index contributed by atoms with van der Waals surface area (Å²) >= 11 is 0. The van der Waals surface area contributed by atoms with Gasteiger partial charge in [0.15, 0.2) is 5.82 Å². The molecule has 0 amide bonds. The number of aromatic nitrogens is 4. The Balaban J connectivity index is 1.86. The second-order valence-corrected chi connectivity index (χ2v) is 4.21. The SMILES string of the molecule is CCCNC(C)c1nnc(NCc2nc(C)no2)o1. The molecule has 2 aromatic heterocycles. The normalized spacial score (nSPS) is 12.6. The van der Waals surface area contributed by atoms with Crippen LogP contribution < -0.4 is 10.6 Å².